The van der Waals surface area contributed by atoms with Gasteiger partial charge in [-0.2, -0.15) is 4.98 Å². The molecule has 19 heavy (non-hydrogen) atoms. The molecule has 3 rings (SSSR count). The minimum Gasteiger partial charge on any atom is -0.334 e. The van der Waals surface area contributed by atoms with Gasteiger partial charge in [-0.3, -0.25) is 0 Å². The number of aryl methyl sites for hydroxylation is 1. The Bertz CT molecular complexity index is 576. The smallest absolute Gasteiger partial charge is 0.258 e. The lowest BCUT2D eigenvalue weighted by Gasteiger charge is -2.19. The van der Waals surface area contributed by atoms with Crippen LogP contribution in [0.15, 0.2) is 22.7 Å². The summed E-state index contributed by atoms with van der Waals surface area (Å²) in [5.41, 5.74) is 1.59. The first-order valence-corrected chi connectivity index (χ1v) is 6.57. The van der Waals surface area contributed by atoms with Gasteiger partial charge < -0.3 is 9.84 Å². The van der Waals surface area contributed by atoms with Gasteiger partial charge in [-0.1, -0.05) is 11.6 Å². The Labute approximate surface area is 111 Å². The van der Waals surface area contributed by atoms with Crippen molar-refractivity contribution < 1.29 is 8.91 Å². The predicted octanol–water partition coefficient (Wildman–Crippen LogP) is 3.00. The summed E-state index contributed by atoms with van der Waals surface area (Å²) in [6.45, 7) is 2.82. The number of nitrogens with zero attached hydrogens (tertiary/aromatic N) is 2. The van der Waals surface area contributed by atoms with Crippen LogP contribution in [0.4, 0.5) is 4.39 Å². The van der Waals surface area contributed by atoms with E-state index >= 15 is 0 Å². The van der Waals surface area contributed by atoms with E-state index < -0.39 is 0 Å². The molecule has 1 atom stereocenters. The topological polar surface area (TPSA) is 51.0 Å². The summed E-state index contributed by atoms with van der Waals surface area (Å²) < 4.78 is 18.4. The maximum atomic E-state index is 13.1. The lowest BCUT2D eigenvalue weighted by atomic mass is 10.0. The maximum Gasteiger partial charge on any atom is 0.258 e. The van der Waals surface area contributed by atoms with Gasteiger partial charge in [0.2, 0.25) is 0 Å². The number of hydrogen-bond acceptors (Lipinski definition) is 4. The van der Waals surface area contributed by atoms with Gasteiger partial charge in [-0.05, 0) is 50.1 Å². The van der Waals surface area contributed by atoms with Gasteiger partial charge in [0.1, 0.15) is 5.82 Å². The average Bonchev–Trinajstić information content (AvgIpc) is 2.89. The van der Waals surface area contributed by atoms with Crippen molar-refractivity contribution in [3.63, 3.8) is 0 Å². The van der Waals surface area contributed by atoms with E-state index in [1.54, 1.807) is 6.07 Å². The van der Waals surface area contributed by atoms with Crippen molar-refractivity contribution in [3.8, 4) is 11.5 Å². The summed E-state index contributed by atoms with van der Waals surface area (Å²) in [6, 6.07) is 4.73. The van der Waals surface area contributed by atoms with Crippen LogP contribution in [-0.2, 0) is 0 Å². The van der Waals surface area contributed by atoms with Crippen LogP contribution in [0.3, 0.4) is 0 Å². The van der Waals surface area contributed by atoms with E-state index in [0.29, 0.717) is 11.7 Å². The van der Waals surface area contributed by atoms with Gasteiger partial charge >= 0.3 is 0 Å². The van der Waals surface area contributed by atoms with Crippen LogP contribution < -0.4 is 5.32 Å². The van der Waals surface area contributed by atoms with Crippen LogP contribution in [0, 0.1) is 12.7 Å². The third kappa shape index (κ3) is 2.51. The van der Waals surface area contributed by atoms with Gasteiger partial charge in [-0.15, -0.1) is 0 Å². The second kappa shape index (κ2) is 5.09. The molecule has 1 saturated heterocycles. The van der Waals surface area contributed by atoms with E-state index in [9.17, 15) is 4.39 Å². The van der Waals surface area contributed by atoms with Gasteiger partial charge in [0.15, 0.2) is 5.82 Å². The third-order valence-electron chi connectivity index (χ3n) is 3.48. The third-order valence-corrected chi connectivity index (χ3v) is 3.48. The molecule has 0 aliphatic carbocycles. The van der Waals surface area contributed by atoms with E-state index in [2.05, 4.69) is 15.5 Å². The van der Waals surface area contributed by atoms with Crippen molar-refractivity contribution in [2.45, 2.75) is 32.2 Å². The molecule has 4 nitrogen and oxygen atoms in total. The van der Waals surface area contributed by atoms with Gasteiger partial charge in [0, 0.05) is 5.56 Å². The normalized spacial score (nSPS) is 19.6. The highest BCUT2D eigenvalue weighted by molar-refractivity contribution is 5.57. The molecule has 0 saturated carbocycles. The van der Waals surface area contributed by atoms with Crippen molar-refractivity contribution >= 4 is 0 Å². The molecule has 2 aromatic rings. The summed E-state index contributed by atoms with van der Waals surface area (Å²) in [5.74, 6) is 0.897. The minimum atomic E-state index is -0.255. The molecular weight excluding hydrogens is 245 g/mol. The Morgan fingerprint density at radius 3 is 3.00 bits per heavy atom. The highest BCUT2D eigenvalue weighted by atomic mass is 19.1. The Hall–Kier alpha value is -1.75. The first kappa shape index (κ1) is 12.3. The van der Waals surface area contributed by atoms with Crippen molar-refractivity contribution in [1.29, 1.82) is 0 Å². The average molecular weight is 261 g/mol. The largest absolute Gasteiger partial charge is 0.334 e. The van der Waals surface area contributed by atoms with Crippen LogP contribution in [0.5, 0.6) is 0 Å². The van der Waals surface area contributed by atoms with Gasteiger partial charge in [0.05, 0.1) is 6.04 Å². The highest BCUT2D eigenvalue weighted by Gasteiger charge is 2.21. The molecule has 5 heteroatoms. The van der Waals surface area contributed by atoms with E-state index in [0.717, 1.165) is 24.1 Å². The fourth-order valence-electron chi connectivity index (χ4n) is 2.43. The zero-order valence-electron chi connectivity index (χ0n) is 10.8. The Kier molecular flexibility index (Phi) is 3.29. The van der Waals surface area contributed by atoms with Gasteiger partial charge in [-0.25, -0.2) is 4.39 Å². The lowest BCUT2D eigenvalue weighted by Crippen LogP contribution is -2.27. The second-order valence-corrected chi connectivity index (χ2v) is 4.92. The number of halogens is 1. The Balaban J connectivity index is 1.87. The number of aromatic nitrogens is 2. The van der Waals surface area contributed by atoms with E-state index in [1.807, 2.05) is 6.92 Å². The molecule has 0 amide bonds. The fourth-order valence-corrected chi connectivity index (χ4v) is 2.43. The minimum absolute atomic E-state index is 0.173. The first-order valence-electron chi connectivity index (χ1n) is 6.57. The van der Waals surface area contributed by atoms with E-state index in [1.165, 1.54) is 25.0 Å². The lowest BCUT2D eigenvalue weighted by molar-refractivity contribution is 0.367. The predicted molar refractivity (Wildman–Crippen MR) is 69.0 cm³/mol. The van der Waals surface area contributed by atoms with Crippen molar-refractivity contribution in [2.75, 3.05) is 6.54 Å². The fraction of sp³-hybridized carbons (Fsp3) is 0.429. The molecule has 1 aliphatic rings. The molecular formula is C14H16FN3O. The number of benzene rings is 1. The van der Waals surface area contributed by atoms with E-state index in [-0.39, 0.29) is 11.9 Å². The number of hydrogen-bond donors (Lipinski definition) is 1. The SMILES string of the molecule is Cc1cc(F)ccc1-c1nc(C2CCCCN2)no1. The molecule has 0 radical (unpaired) electrons. The van der Waals surface area contributed by atoms with Crippen LogP contribution in [0.2, 0.25) is 0 Å². The molecule has 2 heterocycles. The number of piperidine rings is 1. The summed E-state index contributed by atoms with van der Waals surface area (Å²) >= 11 is 0. The highest BCUT2D eigenvalue weighted by Crippen LogP contribution is 2.26. The van der Waals surface area contributed by atoms with Crippen molar-refractivity contribution in [2.24, 2.45) is 0 Å². The number of nitrogens with one attached hydrogen (secondary N) is 1. The molecule has 100 valence electrons. The maximum absolute atomic E-state index is 13.1. The Morgan fingerprint density at radius 1 is 1.37 bits per heavy atom. The molecule has 1 N–H and O–H groups in total. The molecule has 0 bridgehead atoms. The molecule has 1 fully saturated rings. The van der Waals surface area contributed by atoms with Crippen LogP contribution >= 0.6 is 0 Å². The van der Waals surface area contributed by atoms with Gasteiger partial charge in [0.25, 0.3) is 5.89 Å². The standard InChI is InChI=1S/C14H16FN3O/c1-9-8-10(15)5-6-11(9)14-17-13(18-19-14)12-4-2-3-7-16-12/h5-6,8,12,16H,2-4,7H2,1H3. The summed E-state index contributed by atoms with van der Waals surface area (Å²) in [7, 11) is 0. The molecule has 1 aromatic carbocycles. The zero-order chi connectivity index (χ0) is 13.2. The summed E-state index contributed by atoms with van der Waals surface area (Å²) in [5, 5.41) is 7.42. The van der Waals surface area contributed by atoms with Crippen molar-refractivity contribution in [1.82, 2.24) is 15.5 Å². The van der Waals surface area contributed by atoms with Crippen LogP contribution in [0.1, 0.15) is 36.7 Å². The number of rotatable bonds is 2. The Morgan fingerprint density at radius 2 is 2.26 bits per heavy atom. The molecule has 1 aliphatic heterocycles. The van der Waals surface area contributed by atoms with E-state index in [4.69, 9.17) is 4.52 Å². The summed E-state index contributed by atoms with van der Waals surface area (Å²) in [4.78, 5) is 4.43. The van der Waals surface area contributed by atoms with Crippen LogP contribution in [0.25, 0.3) is 11.5 Å². The quantitative estimate of drug-likeness (QED) is 0.902. The first-order chi connectivity index (χ1) is 9.24. The van der Waals surface area contributed by atoms with Crippen LogP contribution in [-0.4, -0.2) is 16.7 Å². The molecule has 0 spiro atoms. The zero-order valence-corrected chi connectivity index (χ0v) is 10.8. The second-order valence-electron chi connectivity index (χ2n) is 4.92. The summed E-state index contributed by atoms with van der Waals surface area (Å²) in [6.07, 6.45) is 3.40. The van der Waals surface area contributed by atoms with Crippen molar-refractivity contribution in [3.05, 3.63) is 35.4 Å². The molecule has 1 aromatic heterocycles. The monoisotopic (exact) mass is 261 g/mol. The molecule has 1 unspecified atom stereocenters.